The summed E-state index contributed by atoms with van der Waals surface area (Å²) in [5, 5.41) is 0. The van der Waals surface area contributed by atoms with Crippen LogP contribution >= 0.6 is 15.9 Å². The van der Waals surface area contributed by atoms with Gasteiger partial charge in [0.1, 0.15) is 10.7 Å². The van der Waals surface area contributed by atoms with E-state index in [1.165, 1.54) is 0 Å². The zero-order valence-electron chi connectivity index (χ0n) is 12.9. The quantitative estimate of drug-likeness (QED) is 0.728. The van der Waals surface area contributed by atoms with Crippen molar-refractivity contribution in [3.63, 3.8) is 0 Å². The van der Waals surface area contributed by atoms with Crippen LogP contribution in [-0.4, -0.2) is 20.5 Å². The number of hydroxylamine groups is 1. The number of halogens is 4. The number of hydrogen-bond donors (Lipinski definition) is 1. The molecule has 1 saturated carbocycles. The zero-order chi connectivity index (χ0) is 18.6. The highest BCUT2D eigenvalue weighted by Crippen LogP contribution is 2.44. The first kappa shape index (κ1) is 18.4. The Kier molecular flexibility index (Phi) is 4.49. The molecule has 0 amide bonds. The van der Waals surface area contributed by atoms with Crippen molar-refractivity contribution in [3.8, 4) is 0 Å². The van der Waals surface area contributed by atoms with Gasteiger partial charge in [-0.15, -0.1) is 0 Å². The standard InChI is InChI=1S/C15H13BrF3NO4S/c1-25(22,23)10-6-8(15(17,18)19)4-5-9(10)13-11(14(16)20-24-13)12(21)7-2-3-7/h4-7,13,20H,2-3H2,1H3. The monoisotopic (exact) mass is 439 g/mol. The van der Waals surface area contributed by atoms with Gasteiger partial charge in [-0.1, -0.05) is 6.07 Å². The molecule has 0 bridgehead atoms. The maximum absolute atomic E-state index is 12.9. The fourth-order valence-electron chi connectivity index (χ4n) is 2.61. The molecule has 1 aliphatic carbocycles. The van der Waals surface area contributed by atoms with Crippen molar-refractivity contribution < 1.29 is 31.2 Å². The van der Waals surface area contributed by atoms with Gasteiger partial charge in [-0.25, -0.2) is 8.42 Å². The number of carbonyl (C=O) groups excluding carboxylic acids is 1. The highest BCUT2D eigenvalue weighted by Gasteiger charge is 2.42. The van der Waals surface area contributed by atoms with E-state index in [4.69, 9.17) is 4.84 Å². The SMILES string of the molecule is CS(=O)(=O)c1cc(C(F)(F)F)ccc1C1ONC(Br)=C1C(=O)C1CC1. The second-order valence-corrected chi connectivity index (χ2v) is 8.77. The van der Waals surface area contributed by atoms with Crippen LogP contribution < -0.4 is 5.48 Å². The van der Waals surface area contributed by atoms with Crippen molar-refractivity contribution >= 4 is 31.6 Å². The van der Waals surface area contributed by atoms with E-state index in [1.54, 1.807) is 0 Å². The average molecular weight is 440 g/mol. The van der Waals surface area contributed by atoms with Gasteiger partial charge < -0.3 is 0 Å². The van der Waals surface area contributed by atoms with Crippen LogP contribution in [-0.2, 0) is 25.6 Å². The van der Waals surface area contributed by atoms with E-state index in [0.717, 1.165) is 31.2 Å². The molecule has 1 aromatic carbocycles. The van der Waals surface area contributed by atoms with Crippen molar-refractivity contribution in [2.24, 2.45) is 5.92 Å². The van der Waals surface area contributed by atoms with Gasteiger partial charge in [0.2, 0.25) is 0 Å². The van der Waals surface area contributed by atoms with Crippen LogP contribution in [0, 0.1) is 5.92 Å². The van der Waals surface area contributed by atoms with Crippen LogP contribution in [0.25, 0.3) is 0 Å². The summed E-state index contributed by atoms with van der Waals surface area (Å²) in [6, 6.07) is 2.38. The van der Waals surface area contributed by atoms with Crippen LogP contribution in [0.1, 0.15) is 30.1 Å². The summed E-state index contributed by atoms with van der Waals surface area (Å²) in [6.45, 7) is 0. The van der Waals surface area contributed by atoms with Gasteiger partial charge in [0.15, 0.2) is 15.6 Å². The third-order valence-electron chi connectivity index (χ3n) is 4.00. The molecule has 0 radical (unpaired) electrons. The largest absolute Gasteiger partial charge is 0.416 e. The summed E-state index contributed by atoms with van der Waals surface area (Å²) in [5.74, 6) is -0.370. The molecule has 1 aromatic rings. The number of carbonyl (C=O) groups is 1. The number of nitrogens with one attached hydrogen (secondary N) is 1. The number of Topliss-reactive ketones (excluding diaryl/α,β-unsaturated/α-hetero) is 1. The third-order valence-corrected chi connectivity index (χ3v) is 5.74. The Labute approximate surface area is 150 Å². The van der Waals surface area contributed by atoms with Crippen LogP contribution in [0.2, 0.25) is 0 Å². The fourth-order valence-corrected chi connectivity index (χ4v) is 4.05. The number of alkyl halides is 3. The zero-order valence-corrected chi connectivity index (χ0v) is 15.3. The van der Waals surface area contributed by atoms with Crippen LogP contribution in [0.5, 0.6) is 0 Å². The molecule has 1 N–H and O–H groups in total. The lowest BCUT2D eigenvalue weighted by Crippen LogP contribution is -2.17. The second kappa shape index (κ2) is 6.10. The van der Waals surface area contributed by atoms with Gasteiger partial charge in [-0.05, 0) is 40.9 Å². The maximum Gasteiger partial charge on any atom is 0.416 e. The van der Waals surface area contributed by atoms with E-state index >= 15 is 0 Å². The van der Waals surface area contributed by atoms with Crippen LogP contribution in [0.15, 0.2) is 33.3 Å². The summed E-state index contributed by atoms with van der Waals surface area (Å²) >= 11 is 3.15. The predicted molar refractivity (Wildman–Crippen MR) is 85.2 cm³/mol. The Bertz CT molecular complexity index is 875. The molecule has 1 aliphatic heterocycles. The summed E-state index contributed by atoms with van der Waals surface area (Å²) < 4.78 is 63.1. The van der Waals surface area contributed by atoms with Gasteiger partial charge in [0, 0.05) is 17.7 Å². The Morgan fingerprint density at radius 3 is 2.48 bits per heavy atom. The molecule has 25 heavy (non-hydrogen) atoms. The Balaban J connectivity index is 2.12. The number of hydrogen-bond acceptors (Lipinski definition) is 5. The molecule has 2 aliphatic rings. The van der Waals surface area contributed by atoms with Gasteiger partial charge in [-0.3, -0.25) is 15.1 Å². The first-order valence-electron chi connectivity index (χ1n) is 7.27. The van der Waals surface area contributed by atoms with Crippen LogP contribution in [0.4, 0.5) is 13.2 Å². The molecule has 136 valence electrons. The van der Waals surface area contributed by atoms with Crippen molar-refractivity contribution in [1.29, 1.82) is 0 Å². The fraction of sp³-hybridized carbons (Fsp3) is 0.400. The lowest BCUT2D eigenvalue weighted by molar-refractivity contribution is -0.137. The van der Waals surface area contributed by atoms with Crippen molar-refractivity contribution in [1.82, 2.24) is 5.48 Å². The van der Waals surface area contributed by atoms with Crippen molar-refractivity contribution in [2.45, 2.75) is 30.0 Å². The molecule has 10 heteroatoms. The first-order valence-corrected chi connectivity index (χ1v) is 9.95. The Morgan fingerprint density at radius 1 is 1.32 bits per heavy atom. The minimum atomic E-state index is -4.68. The number of sulfone groups is 1. The predicted octanol–water partition coefficient (Wildman–Crippen LogP) is 3.27. The maximum atomic E-state index is 12.9. The molecule has 1 fully saturated rings. The number of rotatable bonds is 4. The molecular weight excluding hydrogens is 427 g/mol. The Morgan fingerprint density at radius 2 is 1.96 bits per heavy atom. The molecule has 5 nitrogen and oxygen atoms in total. The molecule has 1 heterocycles. The van der Waals surface area contributed by atoms with E-state index in [2.05, 4.69) is 21.4 Å². The minimum absolute atomic E-state index is 0.0125. The highest BCUT2D eigenvalue weighted by molar-refractivity contribution is 9.11. The average Bonchev–Trinajstić information content (AvgIpc) is 3.27. The highest BCUT2D eigenvalue weighted by atomic mass is 79.9. The molecule has 1 unspecified atom stereocenters. The van der Waals surface area contributed by atoms with Crippen molar-refractivity contribution in [2.75, 3.05) is 6.26 Å². The minimum Gasteiger partial charge on any atom is -0.294 e. The lowest BCUT2D eigenvalue weighted by Gasteiger charge is -2.18. The van der Waals surface area contributed by atoms with E-state index in [1.807, 2.05) is 0 Å². The van der Waals surface area contributed by atoms with E-state index in [-0.39, 0.29) is 27.4 Å². The first-order chi connectivity index (χ1) is 11.5. The molecule has 3 rings (SSSR count). The summed E-state index contributed by atoms with van der Waals surface area (Å²) in [5.41, 5.74) is 1.56. The number of benzene rings is 1. The van der Waals surface area contributed by atoms with E-state index in [9.17, 15) is 26.4 Å². The van der Waals surface area contributed by atoms with Crippen molar-refractivity contribution in [3.05, 3.63) is 39.5 Å². The second-order valence-electron chi connectivity index (χ2n) is 5.99. The smallest absolute Gasteiger partial charge is 0.294 e. The van der Waals surface area contributed by atoms with E-state index in [0.29, 0.717) is 6.07 Å². The summed E-state index contributed by atoms with van der Waals surface area (Å²) in [4.78, 5) is 17.2. The van der Waals surface area contributed by atoms with Gasteiger partial charge >= 0.3 is 6.18 Å². The van der Waals surface area contributed by atoms with Gasteiger partial charge in [-0.2, -0.15) is 13.2 Å². The lowest BCUT2D eigenvalue weighted by atomic mass is 9.96. The van der Waals surface area contributed by atoms with Crippen LogP contribution in [0.3, 0.4) is 0 Å². The summed E-state index contributed by atoms with van der Waals surface area (Å²) in [6.07, 6.45) is -3.53. The third kappa shape index (κ3) is 3.61. The van der Waals surface area contributed by atoms with Gasteiger partial charge in [0.25, 0.3) is 0 Å². The topological polar surface area (TPSA) is 72.5 Å². The van der Waals surface area contributed by atoms with E-state index < -0.39 is 32.6 Å². The molecule has 1 atom stereocenters. The molecule has 0 aromatic heterocycles. The summed E-state index contributed by atoms with van der Waals surface area (Å²) in [7, 11) is -3.98. The molecule has 0 saturated heterocycles. The molecular formula is C15H13BrF3NO4S. The Hall–Kier alpha value is -1.39. The number of ketones is 1. The van der Waals surface area contributed by atoms with Gasteiger partial charge in [0.05, 0.1) is 16.0 Å². The normalized spacial score (nSPS) is 21.4. The molecule has 0 spiro atoms.